The average Bonchev–Trinajstić information content (AvgIpc) is 3.00. The third-order valence-corrected chi connectivity index (χ3v) is 5.50. The van der Waals surface area contributed by atoms with E-state index in [0.717, 1.165) is 41.9 Å². The van der Waals surface area contributed by atoms with Gasteiger partial charge in [-0.05, 0) is 74.1 Å². The summed E-state index contributed by atoms with van der Waals surface area (Å²) in [6.07, 6.45) is 2.86. The lowest BCUT2D eigenvalue weighted by molar-refractivity contribution is -0.120. The van der Waals surface area contributed by atoms with E-state index in [1.807, 2.05) is 29.2 Å². The van der Waals surface area contributed by atoms with E-state index in [9.17, 15) is 4.79 Å². The van der Waals surface area contributed by atoms with Crippen LogP contribution >= 0.6 is 11.6 Å². The molecule has 0 bridgehead atoms. The van der Waals surface area contributed by atoms with Gasteiger partial charge in [-0.15, -0.1) is 0 Å². The predicted molar refractivity (Wildman–Crippen MR) is 103 cm³/mol. The second-order valence-electron chi connectivity index (χ2n) is 7.03. The molecule has 0 radical (unpaired) electrons. The summed E-state index contributed by atoms with van der Waals surface area (Å²) in [5.74, 6) is 0.0884. The Balaban J connectivity index is 1.83. The van der Waals surface area contributed by atoms with Gasteiger partial charge in [-0.1, -0.05) is 23.7 Å². The minimum atomic E-state index is -0.0767. The molecule has 1 fully saturated rings. The van der Waals surface area contributed by atoms with Crippen molar-refractivity contribution in [1.29, 1.82) is 0 Å². The highest BCUT2D eigenvalue weighted by Crippen LogP contribution is 2.40. The molecule has 4 heteroatoms. The highest BCUT2D eigenvalue weighted by molar-refractivity contribution is 6.30. The topological polar surface area (TPSA) is 32.7 Å². The van der Waals surface area contributed by atoms with Gasteiger partial charge >= 0.3 is 0 Å². The van der Waals surface area contributed by atoms with Gasteiger partial charge in [0.05, 0.1) is 23.8 Å². The van der Waals surface area contributed by atoms with E-state index in [2.05, 4.69) is 26.0 Å². The molecule has 3 nitrogen and oxygen atoms in total. The number of hydrogen-bond donors (Lipinski definition) is 0. The van der Waals surface area contributed by atoms with Crippen LogP contribution in [-0.2, 0) is 11.3 Å². The Morgan fingerprint density at radius 2 is 2.00 bits per heavy atom. The number of aliphatic imine (C=N–C) groups is 1. The van der Waals surface area contributed by atoms with Gasteiger partial charge < -0.3 is 4.90 Å². The maximum atomic E-state index is 13.3. The van der Waals surface area contributed by atoms with Crippen molar-refractivity contribution in [2.24, 2.45) is 10.9 Å². The number of nitrogens with zero attached hydrogens (tertiary/aromatic N) is 2. The van der Waals surface area contributed by atoms with Crippen molar-refractivity contribution in [2.45, 2.75) is 39.7 Å². The van der Waals surface area contributed by atoms with Gasteiger partial charge in [-0.2, -0.15) is 0 Å². The molecular formula is C21H21ClN2O. The van der Waals surface area contributed by atoms with Crippen LogP contribution in [0.1, 0.15) is 36.0 Å². The molecule has 0 spiro atoms. The zero-order valence-electron chi connectivity index (χ0n) is 14.6. The minimum absolute atomic E-state index is 0.0767. The van der Waals surface area contributed by atoms with Gasteiger partial charge in [0.1, 0.15) is 0 Å². The van der Waals surface area contributed by atoms with Crippen molar-refractivity contribution in [3.63, 3.8) is 0 Å². The number of anilines is 1. The molecule has 2 aromatic rings. The maximum Gasteiger partial charge on any atom is 0.236 e. The van der Waals surface area contributed by atoms with Crippen LogP contribution in [0.15, 0.2) is 41.4 Å². The number of fused-ring (bicyclic) bond motifs is 2. The van der Waals surface area contributed by atoms with Crippen molar-refractivity contribution in [2.75, 3.05) is 4.90 Å². The molecule has 2 aliphatic rings. The highest BCUT2D eigenvalue weighted by Gasteiger charge is 2.36. The molecule has 1 amide bonds. The van der Waals surface area contributed by atoms with Gasteiger partial charge in [-0.3, -0.25) is 9.79 Å². The molecule has 128 valence electrons. The van der Waals surface area contributed by atoms with Crippen molar-refractivity contribution >= 4 is 34.6 Å². The number of hydrogen-bond acceptors (Lipinski definition) is 2. The monoisotopic (exact) mass is 352 g/mol. The van der Waals surface area contributed by atoms with Gasteiger partial charge in [0.25, 0.3) is 0 Å². The average molecular weight is 353 g/mol. The molecule has 25 heavy (non-hydrogen) atoms. The van der Waals surface area contributed by atoms with Crippen molar-refractivity contribution in [1.82, 2.24) is 0 Å². The predicted octanol–water partition coefficient (Wildman–Crippen LogP) is 5.38. The molecule has 1 saturated carbocycles. The molecular weight excluding hydrogens is 332 g/mol. The van der Waals surface area contributed by atoms with E-state index < -0.39 is 0 Å². The minimum Gasteiger partial charge on any atom is -0.305 e. The summed E-state index contributed by atoms with van der Waals surface area (Å²) < 4.78 is 0. The number of amides is 1. The molecule has 0 N–H and O–H groups in total. The standard InChI is InChI=1S/C21H21ClN2O/c1-13-9-19-20(10-14(13)2)24(12-15-5-3-6-16(22)11-15)21(25)17-7-4-8-18(17)23-19/h3,5-6,9-11,17H,4,7-8,12H2,1-2H3/t17-/m0/s1. The first kappa shape index (κ1) is 16.3. The van der Waals surface area contributed by atoms with Crippen molar-refractivity contribution < 1.29 is 4.79 Å². The molecule has 0 aromatic heterocycles. The molecule has 0 saturated heterocycles. The van der Waals surface area contributed by atoms with E-state index in [1.54, 1.807) is 0 Å². The van der Waals surface area contributed by atoms with Gasteiger partial charge in [0.15, 0.2) is 0 Å². The van der Waals surface area contributed by atoms with E-state index in [0.29, 0.717) is 11.6 Å². The summed E-state index contributed by atoms with van der Waals surface area (Å²) in [7, 11) is 0. The second-order valence-corrected chi connectivity index (χ2v) is 7.46. The van der Waals surface area contributed by atoms with Gasteiger partial charge in [-0.25, -0.2) is 0 Å². The first-order valence-corrected chi connectivity index (χ1v) is 9.15. The second kappa shape index (κ2) is 6.30. The lowest BCUT2D eigenvalue weighted by Crippen LogP contribution is -2.36. The number of carbonyl (C=O) groups excluding carboxylic acids is 1. The maximum absolute atomic E-state index is 13.3. The van der Waals surface area contributed by atoms with E-state index in [4.69, 9.17) is 16.6 Å². The summed E-state index contributed by atoms with van der Waals surface area (Å²) in [6.45, 7) is 4.70. The molecule has 1 atom stereocenters. The van der Waals surface area contributed by atoms with Crippen LogP contribution in [0.25, 0.3) is 0 Å². The van der Waals surface area contributed by atoms with Crippen molar-refractivity contribution in [3.05, 3.63) is 58.1 Å². The highest BCUT2D eigenvalue weighted by atomic mass is 35.5. The zero-order valence-corrected chi connectivity index (χ0v) is 15.3. The number of rotatable bonds is 2. The fourth-order valence-electron chi connectivity index (χ4n) is 3.76. The summed E-state index contributed by atoms with van der Waals surface area (Å²) in [6, 6.07) is 11.9. The fraction of sp³-hybridized carbons (Fsp3) is 0.333. The first-order valence-electron chi connectivity index (χ1n) is 8.77. The van der Waals surface area contributed by atoms with E-state index in [-0.39, 0.29) is 11.8 Å². The number of benzene rings is 2. The number of aryl methyl sites for hydroxylation is 2. The fourth-order valence-corrected chi connectivity index (χ4v) is 3.97. The van der Waals surface area contributed by atoms with Crippen LogP contribution in [-0.4, -0.2) is 11.6 Å². The molecule has 1 aliphatic heterocycles. The van der Waals surface area contributed by atoms with Crippen LogP contribution in [0.2, 0.25) is 5.02 Å². The van der Waals surface area contributed by atoms with Gasteiger partial charge in [0, 0.05) is 10.7 Å². The van der Waals surface area contributed by atoms with Crippen LogP contribution in [0, 0.1) is 19.8 Å². The first-order chi connectivity index (χ1) is 12.0. The van der Waals surface area contributed by atoms with Gasteiger partial charge in [0.2, 0.25) is 5.91 Å². The third-order valence-electron chi connectivity index (χ3n) is 5.27. The van der Waals surface area contributed by atoms with Crippen LogP contribution in [0.5, 0.6) is 0 Å². The summed E-state index contributed by atoms with van der Waals surface area (Å²) in [5.41, 5.74) is 6.28. The zero-order chi connectivity index (χ0) is 17.6. The third kappa shape index (κ3) is 2.98. The summed E-state index contributed by atoms with van der Waals surface area (Å²) in [4.78, 5) is 20.1. The SMILES string of the molecule is Cc1cc2c(cc1C)N(Cc1cccc(Cl)c1)C(=O)[C@H]1CCCC1=N2. The molecule has 1 aliphatic carbocycles. The molecule has 0 unspecified atom stereocenters. The lowest BCUT2D eigenvalue weighted by atomic mass is 10.0. The smallest absolute Gasteiger partial charge is 0.236 e. The summed E-state index contributed by atoms with van der Waals surface area (Å²) in [5, 5.41) is 0.692. The van der Waals surface area contributed by atoms with Crippen LogP contribution in [0.4, 0.5) is 11.4 Å². The van der Waals surface area contributed by atoms with E-state index in [1.165, 1.54) is 11.1 Å². The normalized spacial score (nSPS) is 19.3. The summed E-state index contributed by atoms with van der Waals surface area (Å²) >= 11 is 6.14. The largest absolute Gasteiger partial charge is 0.305 e. The Bertz CT molecular complexity index is 887. The number of halogens is 1. The Morgan fingerprint density at radius 3 is 2.80 bits per heavy atom. The van der Waals surface area contributed by atoms with Crippen LogP contribution < -0.4 is 4.90 Å². The Hall–Kier alpha value is -2.13. The molecule has 1 heterocycles. The molecule has 2 aromatic carbocycles. The van der Waals surface area contributed by atoms with Crippen molar-refractivity contribution in [3.8, 4) is 0 Å². The van der Waals surface area contributed by atoms with Crippen LogP contribution in [0.3, 0.4) is 0 Å². The quantitative estimate of drug-likeness (QED) is 0.714. The Morgan fingerprint density at radius 1 is 1.20 bits per heavy atom. The Kier molecular flexibility index (Phi) is 4.12. The van der Waals surface area contributed by atoms with E-state index >= 15 is 0 Å². The Labute approximate surface area is 153 Å². The number of carbonyl (C=O) groups is 1. The molecule has 4 rings (SSSR count). The lowest BCUT2D eigenvalue weighted by Gasteiger charge is -2.25.